The maximum Gasteiger partial charge on any atom is 0.417 e. The Bertz CT molecular complexity index is 1450. The molecular weight excluding hydrogens is 503 g/mol. The smallest absolute Gasteiger partial charge is 0.352 e. The predicted octanol–water partition coefficient (Wildman–Crippen LogP) is 6.63. The van der Waals surface area contributed by atoms with Gasteiger partial charge in [-0.25, -0.2) is 14.8 Å². The number of nitrogens with one attached hydrogen (secondary N) is 1. The number of amides is 2. The van der Waals surface area contributed by atoms with Crippen molar-refractivity contribution in [2.24, 2.45) is 0 Å². The molecule has 0 spiro atoms. The van der Waals surface area contributed by atoms with Crippen LogP contribution in [0.5, 0.6) is 0 Å². The third kappa shape index (κ3) is 5.32. The number of para-hydroxylation sites is 1. The Morgan fingerprint density at radius 1 is 0.946 bits per heavy atom. The van der Waals surface area contributed by atoms with Crippen molar-refractivity contribution in [2.75, 3.05) is 36.4 Å². The highest BCUT2D eigenvalue weighted by molar-refractivity contribution is 6.31. The fraction of sp³-hybridized carbons (Fsp3) is 0.222. The first kappa shape index (κ1) is 24.8. The second kappa shape index (κ2) is 9.89. The zero-order valence-electron chi connectivity index (χ0n) is 19.9. The molecule has 2 heterocycles. The first-order valence-electron chi connectivity index (χ1n) is 11.7. The van der Waals surface area contributed by atoms with E-state index in [0.29, 0.717) is 32.0 Å². The van der Waals surface area contributed by atoms with Crippen LogP contribution in [0.15, 0.2) is 66.7 Å². The maximum atomic E-state index is 13.2. The summed E-state index contributed by atoms with van der Waals surface area (Å²) in [4.78, 5) is 26.1. The van der Waals surface area contributed by atoms with E-state index in [2.05, 4.69) is 10.2 Å². The number of aryl methyl sites for hydroxylation is 1. The van der Waals surface area contributed by atoms with Gasteiger partial charge in [-0.1, -0.05) is 53.6 Å². The van der Waals surface area contributed by atoms with Crippen LogP contribution in [-0.2, 0) is 6.18 Å². The van der Waals surface area contributed by atoms with E-state index in [1.807, 2.05) is 55.5 Å². The van der Waals surface area contributed by atoms with Crippen molar-refractivity contribution in [3.8, 4) is 11.4 Å². The molecule has 0 saturated carbocycles. The number of alkyl halides is 3. The number of hydrogen-bond acceptors (Lipinski definition) is 4. The lowest BCUT2D eigenvalue weighted by Gasteiger charge is -2.36. The van der Waals surface area contributed by atoms with Gasteiger partial charge in [0.15, 0.2) is 5.82 Å². The van der Waals surface area contributed by atoms with E-state index in [9.17, 15) is 18.0 Å². The van der Waals surface area contributed by atoms with Crippen LogP contribution in [0.1, 0.15) is 11.1 Å². The lowest BCUT2D eigenvalue weighted by molar-refractivity contribution is -0.137. The predicted molar refractivity (Wildman–Crippen MR) is 139 cm³/mol. The molecule has 1 aromatic heterocycles. The van der Waals surface area contributed by atoms with Crippen LogP contribution < -0.4 is 10.2 Å². The third-order valence-electron chi connectivity index (χ3n) is 6.28. The topological polar surface area (TPSA) is 61.4 Å². The molecule has 37 heavy (non-hydrogen) atoms. The molecule has 1 saturated heterocycles. The Morgan fingerprint density at radius 2 is 1.65 bits per heavy atom. The first-order valence-corrected chi connectivity index (χ1v) is 12.1. The number of benzene rings is 3. The SMILES string of the molecule is Cc1ccc(-c2nc(N3CCN(C(=O)Nc4ccc(Cl)c(C(F)(F)F)c4)CC3)c3ccccc3n2)cc1. The minimum atomic E-state index is -4.61. The molecule has 0 radical (unpaired) electrons. The minimum Gasteiger partial charge on any atom is -0.352 e. The number of carbonyl (C=O) groups excluding carboxylic acids is 1. The van der Waals surface area contributed by atoms with Gasteiger partial charge in [0.25, 0.3) is 0 Å². The third-order valence-corrected chi connectivity index (χ3v) is 6.61. The van der Waals surface area contributed by atoms with E-state index >= 15 is 0 Å². The largest absolute Gasteiger partial charge is 0.417 e. The summed E-state index contributed by atoms with van der Waals surface area (Å²) in [7, 11) is 0. The van der Waals surface area contributed by atoms with Crippen LogP contribution in [-0.4, -0.2) is 47.1 Å². The van der Waals surface area contributed by atoms with Crippen molar-refractivity contribution in [2.45, 2.75) is 13.1 Å². The summed E-state index contributed by atoms with van der Waals surface area (Å²) in [6.07, 6.45) is -4.61. The van der Waals surface area contributed by atoms with Gasteiger partial charge in [0.05, 0.1) is 16.1 Å². The van der Waals surface area contributed by atoms with Gasteiger partial charge in [0, 0.05) is 42.8 Å². The molecule has 10 heteroatoms. The second-order valence-electron chi connectivity index (χ2n) is 8.85. The van der Waals surface area contributed by atoms with Gasteiger partial charge in [0.2, 0.25) is 0 Å². The van der Waals surface area contributed by atoms with E-state index < -0.39 is 22.8 Å². The monoisotopic (exact) mass is 525 g/mol. The number of piperazine rings is 1. The van der Waals surface area contributed by atoms with Gasteiger partial charge >= 0.3 is 12.2 Å². The average molecular weight is 526 g/mol. The Morgan fingerprint density at radius 3 is 2.35 bits per heavy atom. The number of halogens is 4. The van der Waals surface area contributed by atoms with Crippen molar-refractivity contribution in [1.82, 2.24) is 14.9 Å². The highest BCUT2D eigenvalue weighted by Crippen LogP contribution is 2.36. The summed E-state index contributed by atoms with van der Waals surface area (Å²) in [6, 6.07) is 18.7. The fourth-order valence-electron chi connectivity index (χ4n) is 4.28. The lowest BCUT2D eigenvalue weighted by Crippen LogP contribution is -2.50. The number of fused-ring (bicyclic) bond motifs is 1. The van der Waals surface area contributed by atoms with Gasteiger partial charge in [-0.2, -0.15) is 13.2 Å². The number of urea groups is 1. The van der Waals surface area contributed by atoms with E-state index in [-0.39, 0.29) is 5.69 Å². The molecule has 0 bridgehead atoms. The molecule has 3 aromatic carbocycles. The highest BCUT2D eigenvalue weighted by Gasteiger charge is 2.33. The van der Waals surface area contributed by atoms with Crippen LogP contribution in [0.25, 0.3) is 22.3 Å². The molecule has 0 unspecified atom stereocenters. The highest BCUT2D eigenvalue weighted by atomic mass is 35.5. The second-order valence-corrected chi connectivity index (χ2v) is 9.26. The first-order chi connectivity index (χ1) is 17.7. The van der Waals surface area contributed by atoms with Gasteiger partial charge < -0.3 is 15.1 Å². The standard InChI is InChI=1S/C27H23ClF3N5O/c1-17-6-8-18(9-7-17)24-33-23-5-3-2-4-20(23)25(34-24)35-12-14-36(15-13-35)26(37)32-19-10-11-22(28)21(16-19)27(29,30)31/h2-11,16H,12-15H2,1H3,(H,32,37). The Labute approximate surface area is 216 Å². The summed E-state index contributed by atoms with van der Waals surface area (Å²) >= 11 is 5.68. The van der Waals surface area contributed by atoms with Gasteiger partial charge in [-0.15, -0.1) is 0 Å². The van der Waals surface area contributed by atoms with Gasteiger partial charge in [-0.05, 0) is 37.3 Å². The molecule has 0 aliphatic carbocycles. The molecule has 6 nitrogen and oxygen atoms in total. The molecule has 1 N–H and O–H groups in total. The lowest BCUT2D eigenvalue weighted by atomic mass is 10.1. The van der Waals surface area contributed by atoms with E-state index in [1.165, 1.54) is 6.07 Å². The molecule has 0 atom stereocenters. The summed E-state index contributed by atoms with van der Waals surface area (Å²) in [5.41, 5.74) is 1.93. The van der Waals surface area contributed by atoms with Crippen molar-refractivity contribution < 1.29 is 18.0 Å². The van der Waals surface area contributed by atoms with Crippen molar-refractivity contribution >= 4 is 40.0 Å². The Hall–Kier alpha value is -3.85. The normalized spacial score (nSPS) is 14.2. The molecule has 1 fully saturated rings. The molecule has 1 aliphatic heterocycles. The maximum absolute atomic E-state index is 13.2. The molecule has 190 valence electrons. The van der Waals surface area contributed by atoms with Crippen molar-refractivity contribution in [3.63, 3.8) is 0 Å². The zero-order valence-corrected chi connectivity index (χ0v) is 20.6. The quantitative estimate of drug-likeness (QED) is 0.326. The molecule has 4 aromatic rings. The van der Waals surface area contributed by atoms with E-state index in [4.69, 9.17) is 21.6 Å². The van der Waals surface area contributed by atoms with Gasteiger partial charge in [-0.3, -0.25) is 0 Å². The number of rotatable bonds is 3. The van der Waals surface area contributed by atoms with Crippen molar-refractivity contribution in [1.29, 1.82) is 0 Å². The zero-order chi connectivity index (χ0) is 26.2. The summed E-state index contributed by atoms with van der Waals surface area (Å²) < 4.78 is 39.5. The van der Waals surface area contributed by atoms with Crippen molar-refractivity contribution in [3.05, 3.63) is 82.9 Å². The van der Waals surface area contributed by atoms with Crippen LogP contribution in [0.4, 0.5) is 29.5 Å². The minimum absolute atomic E-state index is 0.0358. The van der Waals surface area contributed by atoms with Crippen LogP contribution >= 0.6 is 11.6 Å². The Kier molecular flexibility index (Phi) is 6.64. The molecular formula is C27H23ClF3N5O. The number of carbonyl (C=O) groups is 1. The Balaban J connectivity index is 1.33. The number of hydrogen-bond donors (Lipinski definition) is 1. The molecule has 2 amide bonds. The number of nitrogens with zero attached hydrogens (tertiary/aromatic N) is 4. The van der Waals surface area contributed by atoms with Crippen LogP contribution in [0.2, 0.25) is 5.02 Å². The summed E-state index contributed by atoms with van der Waals surface area (Å²) in [5.74, 6) is 1.41. The fourth-order valence-corrected chi connectivity index (χ4v) is 4.50. The molecule has 5 rings (SSSR count). The van der Waals surface area contributed by atoms with Crippen LogP contribution in [0.3, 0.4) is 0 Å². The molecule has 1 aliphatic rings. The van der Waals surface area contributed by atoms with E-state index in [0.717, 1.165) is 40.0 Å². The van der Waals surface area contributed by atoms with E-state index in [1.54, 1.807) is 4.90 Å². The average Bonchev–Trinajstić information content (AvgIpc) is 2.89. The number of anilines is 2. The summed E-state index contributed by atoms with van der Waals surface area (Å²) in [6.45, 7) is 3.80. The number of aromatic nitrogens is 2. The van der Waals surface area contributed by atoms with Gasteiger partial charge in [0.1, 0.15) is 5.82 Å². The van der Waals surface area contributed by atoms with Crippen LogP contribution in [0, 0.1) is 6.92 Å². The summed E-state index contributed by atoms with van der Waals surface area (Å²) in [5, 5.41) is 3.05.